The van der Waals surface area contributed by atoms with E-state index in [0.717, 1.165) is 6.07 Å². The second kappa shape index (κ2) is 5.14. The van der Waals surface area contributed by atoms with Gasteiger partial charge in [0.15, 0.2) is 0 Å². The number of hydrogen-bond acceptors (Lipinski definition) is 2. The van der Waals surface area contributed by atoms with Gasteiger partial charge in [-0.1, -0.05) is 30.3 Å². The van der Waals surface area contributed by atoms with Crippen molar-refractivity contribution in [2.24, 2.45) is 5.73 Å². The summed E-state index contributed by atoms with van der Waals surface area (Å²) in [6.45, 7) is 0. The van der Waals surface area contributed by atoms with Crippen molar-refractivity contribution in [2.45, 2.75) is 18.1 Å². The highest BCUT2D eigenvalue weighted by Gasteiger charge is 2.61. The van der Waals surface area contributed by atoms with Gasteiger partial charge in [-0.15, -0.1) is 0 Å². The smallest absolute Gasteiger partial charge is 0.455 e. The molecule has 0 spiro atoms. The lowest BCUT2D eigenvalue weighted by Crippen LogP contribution is -2.45. The lowest BCUT2D eigenvalue weighted by Gasteiger charge is -2.27. The van der Waals surface area contributed by atoms with Crippen molar-refractivity contribution in [1.82, 2.24) is 0 Å². The molecular weight excluding hydrogens is 293 g/mol. The average molecular weight is 305 g/mol. The van der Waals surface area contributed by atoms with Gasteiger partial charge in [-0.05, 0) is 17.0 Å². The molecule has 2 aromatic rings. The molecular formula is C14H12F5NO. The summed E-state index contributed by atoms with van der Waals surface area (Å²) in [5, 5.41) is 0.624. The van der Waals surface area contributed by atoms with E-state index < -0.39 is 18.1 Å². The van der Waals surface area contributed by atoms with Crippen LogP contribution in [0.1, 0.15) is 11.6 Å². The summed E-state index contributed by atoms with van der Waals surface area (Å²) >= 11 is 0. The quantitative estimate of drug-likeness (QED) is 0.868. The zero-order chi connectivity index (χ0) is 15.8. The first-order valence-electron chi connectivity index (χ1n) is 5.96. The Bertz CT molecular complexity index is 653. The molecule has 2 nitrogen and oxygen atoms in total. The SMILES string of the molecule is COc1ccc([C@@H](N)C(F)(F)C(F)(F)F)c2ccccc12. The lowest BCUT2D eigenvalue weighted by atomic mass is 9.94. The summed E-state index contributed by atoms with van der Waals surface area (Å²) in [4.78, 5) is 0. The van der Waals surface area contributed by atoms with E-state index in [0.29, 0.717) is 11.1 Å². The first kappa shape index (κ1) is 15.5. The Morgan fingerprint density at radius 2 is 1.52 bits per heavy atom. The van der Waals surface area contributed by atoms with Gasteiger partial charge in [0.2, 0.25) is 0 Å². The number of rotatable bonds is 3. The predicted octanol–water partition coefficient (Wildman–Crippen LogP) is 4.05. The molecule has 0 saturated carbocycles. The lowest BCUT2D eigenvalue weighted by molar-refractivity contribution is -0.290. The van der Waals surface area contributed by atoms with E-state index in [9.17, 15) is 22.0 Å². The highest BCUT2D eigenvalue weighted by atomic mass is 19.4. The largest absolute Gasteiger partial charge is 0.496 e. The summed E-state index contributed by atoms with van der Waals surface area (Å²) in [5.74, 6) is -4.65. The van der Waals surface area contributed by atoms with E-state index in [1.807, 2.05) is 0 Å². The van der Waals surface area contributed by atoms with Crippen LogP contribution in [0.4, 0.5) is 22.0 Å². The van der Waals surface area contributed by atoms with Crippen molar-refractivity contribution in [3.8, 4) is 5.75 Å². The Morgan fingerprint density at radius 3 is 2.05 bits per heavy atom. The van der Waals surface area contributed by atoms with Gasteiger partial charge in [0.25, 0.3) is 0 Å². The van der Waals surface area contributed by atoms with Crippen LogP contribution in [0.2, 0.25) is 0 Å². The first-order chi connectivity index (χ1) is 9.70. The molecule has 0 unspecified atom stereocenters. The van der Waals surface area contributed by atoms with Crippen LogP contribution in [-0.2, 0) is 0 Å². The third kappa shape index (κ3) is 2.53. The zero-order valence-electron chi connectivity index (χ0n) is 10.9. The summed E-state index contributed by atoms with van der Waals surface area (Å²) in [5.41, 5.74) is 4.92. The Labute approximate surface area is 117 Å². The number of fused-ring (bicyclic) bond motifs is 1. The van der Waals surface area contributed by atoms with Crippen LogP contribution in [0.25, 0.3) is 10.8 Å². The molecule has 0 fully saturated rings. The van der Waals surface area contributed by atoms with Crippen molar-refractivity contribution >= 4 is 10.8 Å². The van der Waals surface area contributed by atoms with Gasteiger partial charge in [-0.3, -0.25) is 0 Å². The molecule has 1 atom stereocenters. The molecule has 0 aliphatic rings. The van der Waals surface area contributed by atoms with Crippen molar-refractivity contribution in [2.75, 3.05) is 7.11 Å². The maximum atomic E-state index is 13.4. The van der Waals surface area contributed by atoms with E-state index in [4.69, 9.17) is 10.5 Å². The van der Waals surface area contributed by atoms with E-state index in [2.05, 4.69) is 0 Å². The van der Waals surface area contributed by atoms with Crippen LogP contribution in [0.3, 0.4) is 0 Å². The molecule has 2 rings (SSSR count). The molecule has 0 aliphatic carbocycles. The highest BCUT2D eigenvalue weighted by Crippen LogP contribution is 2.45. The van der Waals surface area contributed by atoms with Crippen LogP contribution >= 0.6 is 0 Å². The van der Waals surface area contributed by atoms with Crippen LogP contribution in [0.15, 0.2) is 36.4 Å². The van der Waals surface area contributed by atoms with E-state index in [1.54, 1.807) is 12.1 Å². The molecule has 0 aromatic heterocycles. The van der Waals surface area contributed by atoms with Gasteiger partial charge in [0, 0.05) is 5.39 Å². The molecule has 2 N–H and O–H groups in total. The molecule has 0 aliphatic heterocycles. The Balaban J connectivity index is 2.63. The number of hydrogen-bond donors (Lipinski definition) is 1. The third-order valence-corrected chi connectivity index (χ3v) is 3.24. The van der Waals surface area contributed by atoms with Crippen LogP contribution in [-0.4, -0.2) is 19.2 Å². The molecule has 114 valence electrons. The van der Waals surface area contributed by atoms with Crippen LogP contribution < -0.4 is 10.5 Å². The molecule has 0 amide bonds. The number of ether oxygens (including phenoxy) is 1. The van der Waals surface area contributed by atoms with Gasteiger partial charge < -0.3 is 10.5 Å². The summed E-state index contributed by atoms with van der Waals surface area (Å²) in [6.07, 6.45) is -5.71. The average Bonchev–Trinajstić information content (AvgIpc) is 2.44. The Hall–Kier alpha value is -1.89. The van der Waals surface area contributed by atoms with Gasteiger partial charge in [0.05, 0.1) is 7.11 Å². The molecule has 2 aromatic carbocycles. The van der Waals surface area contributed by atoms with Crippen molar-refractivity contribution in [1.29, 1.82) is 0 Å². The fraction of sp³-hybridized carbons (Fsp3) is 0.286. The van der Waals surface area contributed by atoms with Crippen molar-refractivity contribution < 1.29 is 26.7 Å². The molecule has 0 saturated heterocycles. The van der Waals surface area contributed by atoms with Gasteiger partial charge >= 0.3 is 12.1 Å². The number of halogens is 5. The topological polar surface area (TPSA) is 35.2 Å². The predicted molar refractivity (Wildman–Crippen MR) is 68.4 cm³/mol. The fourth-order valence-electron chi connectivity index (χ4n) is 2.12. The van der Waals surface area contributed by atoms with Gasteiger partial charge in [-0.2, -0.15) is 22.0 Å². The number of nitrogens with two attached hydrogens (primary N) is 1. The Morgan fingerprint density at radius 1 is 0.952 bits per heavy atom. The van der Waals surface area contributed by atoms with Gasteiger partial charge in [-0.25, -0.2) is 0 Å². The normalized spacial score (nSPS) is 14.2. The maximum absolute atomic E-state index is 13.4. The summed E-state index contributed by atoms with van der Waals surface area (Å²) in [7, 11) is 1.38. The minimum atomic E-state index is -5.71. The van der Waals surface area contributed by atoms with Crippen LogP contribution in [0, 0.1) is 0 Å². The molecule has 0 radical (unpaired) electrons. The number of alkyl halides is 5. The van der Waals surface area contributed by atoms with Crippen molar-refractivity contribution in [3.05, 3.63) is 42.0 Å². The minimum absolute atomic E-state index is 0.202. The summed E-state index contributed by atoms with van der Waals surface area (Å²) in [6, 6.07) is 6.12. The molecule has 7 heteroatoms. The fourth-order valence-corrected chi connectivity index (χ4v) is 2.12. The van der Waals surface area contributed by atoms with E-state index in [1.165, 1.54) is 25.3 Å². The van der Waals surface area contributed by atoms with E-state index >= 15 is 0 Å². The highest BCUT2D eigenvalue weighted by molar-refractivity contribution is 5.91. The summed E-state index contributed by atoms with van der Waals surface area (Å²) < 4.78 is 69.3. The van der Waals surface area contributed by atoms with Gasteiger partial charge in [0.1, 0.15) is 11.8 Å². The molecule has 21 heavy (non-hydrogen) atoms. The molecule has 0 heterocycles. The number of methoxy groups -OCH3 is 1. The maximum Gasteiger partial charge on any atom is 0.455 e. The minimum Gasteiger partial charge on any atom is -0.496 e. The zero-order valence-corrected chi connectivity index (χ0v) is 10.9. The molecule has 0 bridgehead atoms. The monoisotopic (exact) mass is 305 g/mol. The van der Waals surface area contributed by atoms with Crippen molar-refractivity contribution in [3.63, 3.8) is 0 Å². The second-order valence-electron chi connectivity index (χ2n) is 4.50. The third-order valence-electron chi connectivity index (χ3n) is 3.24. The standard InChI is InChI=1S/C14H12F5NO/c1-21-11-7-6-10(8-4-2-3-5-9(8)11)12(20)13(15,16)14(17,18)19/h2-7,12H,20H2,1H3/t12-/m1/s1. The van der Waals surface area contributed by atoms with Crippen LogP contribution in [0.5, 0.6) is 5.75 Å². The van der Waals surface area contributed by atoms with E-state index in [-0.39, 0.29) is 10.9 Å². The number of benzene rings is 2. The Kier molecular flexibility index (Phi) is 3.79. The first-order valence-corrected chi connectivity index (χ1v) is 5.96. The second-order valence-corrected chi connectivity index (χ2v) is 4.50.